The highest BCUT2D eigenvalue weighted by Crippen LogP contribution is 2.31. The standard InChI is InChI=1S/C19H19BrN2O5S/c1-26-16-7-8-17(27-2)18-15(16)11-12(19(23)22-18)9-10-21-28(24,25)14-5-3-13(20)4-6-14/h3-8,11,21H,9-10H2,1-2H3,(H,22,23). The number of fused-ring (bicyclic) bond motifs is 1. The summed E-state index contributed by atoms with van der Waals surface area (Å²) in [5.41, 5.74) is 0.672. The average molecular weight is 467 g/mol. The van der Waals surface area contributed by atoms with E-state index in [0.717, 1.165) is 4.47 Å². The van der Waals surface area contributed by atoms with E-state index < -0.39 is 10.0 Å². The zero-order chi connectivity index (χ0) is 20.3. The van der Waals surface area contributed by atoms with Crippen molar-refractivity contribution in [2.45, 2.75) is 11.3 Å². The average Bonchev–Trinajstić information content (AvgIpc) is 2.67. The molecule has 28 heavy (non-hydrogen) atoms. The van der Waals surface area contributed by atoms with Crippen LogP contribution in [0.2, 0.25) is 0 Å². The maximum atomic E-state index is 12.4. The minimum atomic E-state index is -3.65. The summed E-state index contributed by atoms with van der Waals surface area (Å²) in [6, 6.07) is 11.5. The number of sulfonamides is 1. The molecule has 0 aliphatic carbocycles. The number of hydrogen-bond acceptors (Lipinski definition) is 5. The fourth-order valence-electron chi connectivity index (χ4n) is 2.84. The van der Waals surface area contributed by atoms with Crippen LogP contribution in [0, 0.1) is 0 Å². The van der Waals surface area contributed by atoms with Gasteiger partial charge in [0.1, 0.15) is 11.5 Å². The maximum absolute atomic E-state index is 12.4. The minimum absolute atomic E-state index is 0.0826. The van der Waals surface area contributed by atoms with Gasteiger partial charge in [0.15, 0.2) is 0 Å². The highest BCUT2D eigenvalue weighted by Gasteiger charge is 2.15. The molecule has 0 radical (unpaired) electrons. The van der Waals surface area contributed by atoms with Crippen LogP contribution in [0.3, 0.4) is 0 Å². The third-order valence-electron chi connectivity index (χ3n) is 4.27. The second-order valence-electron chi connectivity index (χ2n) is 5.98. The van der Waals surface area contributed by atoms with Crippen LogP contribution in [0.4, 0.5) is 0 Å². The first-order valence-corrected chi connectivity index (χ1v) is 10.7. The molecular weight excluding hydrogens is 448 g/mol. The van der Waals surface area contributed by atoms with Gasteiger partial charge in [0, 0.05) is 22.0 Å². The topological polar surface area (TPSA) is 97.5 Å². The zero-order valence-electron chi connectivity index (χ0n) is 15.3. The van der Waals surface area contributed by atoms with Gasteiger partial charge in [0.25, 0.3) is 5.56 Å². The number of pyridine rings is 1. The first-order valence-electron chi connectivity index (χ1n) is 8.38. The third kappa shape index (κ3) is 4.21. The lowest BCUT2D eigenvalue weighted by Crippen LogP contribution is -2.27. The number of benzene rings is 2. The van der Waals surface area contributed by atoms with Gasteiger partial charge in [-0.15, -0.1) is 0 Å². The molecule has 0 spiro atoms. The van der Waals surface area contributed by atoms with Gasteiger partial charge < -0.3 is 14.5 Å². The van der Waals surface area contributed by atoms with Crippen LogP contribution in [-0.2, 0) is 16.4 Å². The lowest BCUT2D eigenvalue weighted by molar-refractivity contribution is 0.409. The van der Waals surface area contributed by atoms with Gasteiger partial charge in [-0.3, -0.25) is 4.79 Å². The number of aromatic amines is 1. The summed E-state index contributed by atoms with van der Waals surface area (Å²) in [5.74, 6) is 1.11. The van der Waals surface area contributed by atoms with Crippen molar-refractivity contribution in [1.82, 2.24) is 9.71 Å². The normalized spacial score (nSPS) is 11.5. The molecule has 1 heterocycles. The second-order valence-corrected chi connectivity index (χ2v) is 8.67. The molecule has 3 aromatic rings. The number of nitrogens with one attached hydrogen (secondary N) is 2. The summed E-state index contributed by atoms with van der Waals surface area (Å²) < 4.78 is 38.7. The van der Waals surface area contributed by atoms with E-state index in [0.29, 0.717) is 28.0 Å². The Morgan fingerprint density at radius 2 is 1.68 bits per heavy atom. The lowest BCUT2D eigenvalue weighted by Gasteiger charge is -2.11. The molecule has 2 aromatic carbocycles. The molecule has 0 saturated heterocycles. The number of methoxy groups -OCH3 is 2. The fourth-order valence-corrected chi connectivity index (χ4v) is 4.13. The van der Waals surface area contributed by atoms with Crippen LogP contribution >= 0.6 is 15.9 Å². The van der Waals surface area contributed by atoms with E-state index in [4.69, 9.17) is 9.47 Å². The molecule has 7 nitrogen and oxygen atoms in total. The molecule has 0 saturated carbocycles. The maximum Gasteiger partial charge on any atom is 0.251 e. The van der Waals surface area contributed by atoms with Crippen LogP contribution in [0.25, 0.3) is 10.9 Å². The van der Waals surface area contributed by atoms with E-state index in [1.807, 2.05) is 0 Å². The molecule has 1 aromatic heterocycles. The van der Waals surface area contributed by atoms with Crippen LogP contribution in [0.15, 0.2) is 56.6 Å². The largest absolute Gasteiger partial charge is 0.496 e. The molecule has 0 fully saturated rings. The summed E-state index contributed by atoms with van der Waals surface area (Å²) in [4.78, 5) is 15.4. The van der Waals surface area contributed by atoms with Gasteiger partial charge in [0.05, 0.1) is 24.6 Å². The monoisotopic (exact) mass is 466 g/mol. The SMILES string of the molecule is COc1ccc(OC)c2[nH]c(=O)c(CCNS(=O)(=O)c3ccc(Br)cc3)cc12. The van der Waals surface area contributed by atoms with Crippen molar-refractivity contribution >= 4 is 36.9 Å². The van der Waals surface area contributed by atoms with Crippen molar-refractivity contribution in [3.8, 4) is 11.5 Å². The number of H-pyrrole nitrogens is 1. The van der Waals surface area contributed by atoms with E-state index in [2.05, 4.69) is 25.6 Å². The van der Waals surface area contributed by atoms with Gasteiger partial charge >= 0.3 is 0 Å². The third-order valence-corrected chi connectivity index (χ3v) is 6.27. The summed E-state index contributed by atoms with van der Waals surface area (Å²) >= 11 is 3.27. The van der Waals surface area contributed by atoms with Gasteiger partial charge in [-0.05, 0) is 48.9 Å². The first kappa shape index (κ1) is 20.4. The number of ether oxygens (including phenoxy) is 2. The first-order chi connectivity index (χ1) is 13.4. The van der Waals surface area contributed by atoms with E-state index in [-0.39, 0.29) is 23.4 Å². The minimum Gasteiger partial charge on any atom is -0.496 e. The van der Waals surface area contributed by atoms with Crippen molar-refractivity contribution in [1.29, 1.82) is 0 Å². The Hall–Kier alpha value is -2.36. The molecule has 0 aliphatic heterocycles. The van der Waals surface area contributed by atoms with E-state index in [1.54, 1.807) is 37.4 Å². The van der Waals surface area contributed by atoms with Gasteiger partial charge in [-0.1, -0.05) is 15.9 Å². The Bertz CT molecular complexity index is 1160. The molecule has 0 bridgehead atoms. The van der Waals surface area contributed by atoms with Crippen molar-refractivity contribution in [3.63, 3.8) is 0 Å². The number of halogens is 1. The Labute approximate surface area is 170 Å². The smallest absolute Gasteiger partial charge is 0.251 e. The quantitative estimate of drug-likeness (QED) is 0.557. The van der Waals surface area contributed by atoms with Crippen molar-refractivity contribution in [3.05, 3.63) is 62.9 Å². The zero-order valence-corrected chi connectivity index (χ0v) is 17.7. The highest BCUT2D eigenvalue weighted by atomic mass is 79.9. The summed E-state index contributed by atoms with van der Waals surface area (Å²) in [7, 11) is -0.596. The molecule has 0 atom stereocenters. The summed E-state index contributed by atoms with van der Waals surface area (Å²) in [5, 5.41) is 0.687. The van der Waals surface area contributed by atoms with Gasteiger partial charge in [0.2, 0.25) is 10.0 Å². The second kappa shape index (κ2) is 8.34. The molecule has 148 valence electrons. The molecule has 2 N–H and O–H groups in total. The molecule has 9 heteroatoms. The predicted octanol–water partition coefficient (Wildman–Crippen LogP) is 2.83. The van der Waals surface area contributed by atoms with E-state index in [9.17, 15) is 13.2 Å². The fraction of sp³-hybridized carbons (Fsp3) is 0.211. The Balaban J connectivity index is 1.83. The lowest BCUT2D eigenvalue weighted by atomic mass is 10.1. The van der Waals surface area contributed by atoms with Crippen LogP contribution in [0.5, 0.6) is 11.5 Å². The number of hydrogen-bond donors (Lipinski definition) is 2. The molecule has 0 unspecified atom stereocenters. The van der Waals surface area contributed by atoms with E-state index in [1.165, 1.54) is 19.2 Å². The highest BCUT2D eigenvalue weighted by molar-refractivity contribution is 9.10. The Morgan fingerprint density at radius 1 is 1.04 bits per heavy atom. The van der Waals surface area contributed by atoms with Gasteiger partial charge in [-0.25, -0.2) is 13.1 Å². The molecule has 0 aliphatic rings. The predicted molar refractivity (Wildman–Crippen MR) is 111 cm³/mol. The molecular formula is C19H19BrN2O5S. The van der Waals surface area contributed by atoms with Crippen LogP contribution < -0.4 is 19.8 Å². The van der Waals surface area contributed by atoms with Gasteiger partial charge in [-0.2, -0.15) is 0 Å². The Kier molecular flexibility index (Phi) is 6.07. The molecule has 3 rings (SSSR count). The van der Waals surface area contributed by atoms with Crippen molar-refractivity contribution in [2.24, 2.45) is 0 Å². The van der Waals surface area contributed by atoms with E-state index >= 15 is 0 Å². The van der Waals surface area contributed by atoms with Crippen LogP contribution in [0.1, 0.15) is 5.56 Å². The number of aromatic nitrogens is 1. The summed E-state index contributed by atoms with van der Waals surface area (Å²) in [6.45, 7) is 0.0826. The Morgan fingerprint density at radius 3 is 2.32 bits per heavy atom. The number of rotatable bonds is 7. The van der Waals surface area contributed by atoms with Crippen LogP contribution in [-0.4, -0.2) is 34.2 Å². The molecule has 0 amide bonds. The summed E-state index contributed by atoms with van der Waals surface area (Å²) in [6.07, 6.45) is 0.224. The van der Waals surface area contributed by atoms with Crippen molar-refractivity contribution < 1.29 is 17.9 Å². The van der Waals surface area contributed by atoms with Crippen molar-refractivity contribution in [2.75, 3.05) is 20.8 Å².